The van der Waals surface area contributed by atoms with Crippen molar-refractivity contribution >= 4 is 5.91 Å². The number of halogens is 1. The molecule has 29 heavy (non-hydrogen) atoms. The van der Waals surface area contributed by atoms with Crippen LogP contribution in [0.3, 0.4) is 0 Å². The van der Waals surface area contributed by atoms with Crippen LogP contribution in [0.4, 0.5) is 4.39 Å². The number of hydrogen-bond acceptors (Lipinski definition) is 3. The van der Waals surface area contributed by atoms with Gasteiger partial charge >= 0.3 is 0 Å². The van der Waals surface area contributed by atoms with Crippen molar-refractivity contribution in [3.63, 3.8) is 0 Å². The van der Waals surface area contributed by atoms with E-state index in [4.69, 9.17) is 0 Å². The molecule has 0 aliphatic carbocycles. The van der Waals surface area contributed by atoms with E-state index in [2.05, 4.69) is 36.3 Å². The topological polar surface area (TPSA) is 59.8 Å². The Balaban J connectivity index is 2.17. The van der Waals surface area contributed by atoms with Gasteiger partial charge in [0.2, 0.25) is 0 Å². The van der Waals surface area contributed by atoms with Gasteiger partial charge in [-0.2, -0.15) is 0 Å². The number of carbonyl (C=O) groups excluding carboxylic acids is 1. The Morgan fingerprint density at radius 1 is 0.966 bits per heavy atom. The SMILES string of the molecule is CC(C)(C)NC(=O)c1cc(-c2ccc(F)cc2)cc(-n2cnnc2C(C)(C)C)c1. The number of amides is 1. The van der Waals surface area contributed by atoms with Crippen molar-refractivity contribution in [1.29, 1.82) is 0 Å². The largest absolute Gasteiger partial charge is 0.347 e. The van der Waals surface area contributed by atoms with Gasteiger partial charge in [0, 0.05) is 22.2 Å². The highest BCUT2D eigenvalue weighted by molar-refractivity contribution is 5.96. The number of rotatable bonds is 3. The Bertz CT molecular complexity index is 1020. The van der Waals surface area contributed by atoms with Gasteiger partial charge in [-0.25, -0.2) is 4.39 Å². The Labute approximate surface area is 171 Å². The van der Waals surface area contributed by atoms with Crippen molar-refractivity contribution in [3.8, 4) is 16.8 Å². The molecule has 1 amide bonds. The molecule has 3 aromatic rings. The molecule has 0 aliphatic heterocycles. The molecule has 5 nitrogen and oxygen atoms in total. The maximum absolute atomic E-state index is 13.4. The summed E-state index contributed by atoms with van der Waals surface area (Å²) in [4.78, 5) is 12.9. The van der Waals surface area contributed by atoms with Gasteiger partial charge in [-0.15, -0.1) is 10.2 Å². The van der Waals surface area contributed by atoms with Gasteiger partial charge in [-0.3, -0.25) is 9.36 Å². The molecule has 3 rings (SSSR count). The fourth-order valence-corrected chi connectivity index (χ4v) is 3.04. The number of benzene rings is 2. The molecule has 0 fully saturated rings. The minimum absolute atomic E-state index is 0.173. The van der Waals surface area contributed by atoms with Crippen molar-refractivity contribution in [2.45, 2.75) is 52.5 Å². The van der Waals surface area contributed by atoms with Crippen LogP contribution in [0.5, 0.6) is 0 Å². The molecule has 0 unspecified atom stereocenters. The highest BCUT2D eigenvalue weighted by Gasteiger charge is 2.23. The average Bonchev–Trinajstić information content (AvgIpc) is 3.11. The van der Waals surface area contributed by atoms with Gasteiger partial charge in [0.15, 0.2) is 0 Å². The van der Waals surface area contributed by atoms with Crippen molar-refractivity contribution in [2.24, 2.45) is 0 Å². The van der Waals surface area contributed by atoms with Crippen LogP contribution in [-0.2, 0) is 5.41 Å². The molecule has 152 valence electrons. The first-order valence-corrected chi connectivity index (χ1v) is 9.58. The second-order valence-electron chi connectivity index (χ2n) is 9.25. The van der Waals surface area contributed by atoms with Crippen molar-refractivity contribution < 1.29 is 9.18 Å². The predicted molar refractivity (Wildman–Crippen MR) is 113 cm³/mol. The van der Waals surface area contributed by atoms with E-state index in [9.17, 15) is 9.18 Å². The molecular weight excluding hydrogens is 367 g/mol. The maximum Gasteiger partial charge on any atom is 0.251 e. The summed E-state index contributed by atoms with van der Waals surface area (Å²) in [6.07, 6.45) is 1.65. The van der Waals surface area contributed by atoms with Gasteiger partial charge in [-0.1, -0.05) is 32.9 Å². The third kappa shape index (κ3) is 4.88. The van der Waals surface area contributed by atoms with Crippen molar-refractivity contribution in [3.05, 3.63) is 66.0 Å². The molecule has 0 saturated heterocycles. The summed E-state index contributed by atoms with van der Waals surface area (Å²) in [5.41, 5.74) is 2.34. The number of nitrogens with one attached hydrogen (secondary N) is 1. The number of hydrogen-bond donors (Lipinski definition) is 1. The van der Waals surface area contributed by atoms with Crippen LogP contribution in [0.15, 0.2) is 48.8 Å². The van der Waals surface area contributed by atoms with E-state index in [1.165, 1.54) is 12.1 Å². The molecule has 6 heteroatoms. The standard InChI is InChI=1S/C23H27FN4O/c1-22(2,3)21-27-25-14-28(21)19-12-16(15-7-9-18(24)10-8-15)11-17(13-19)20(29)26-23(4,5)6/h7-14H,1-6H3,(H,26,29). The minimum Gasteiger partial charge on any atom is -0.347 e. The third-order valence-electron chi connectivity index (χ3n) is 4.34. The number of carbonyl (C=O) groups is 1. The molecule has 0 bridgehead atoms. The van der Waals surface area contributed by atoms with E-state index in [0.717, 1.165) is 22.6 Å². The van der Waals surface area contributed by atoms with Gasteiger partial charge in [0.25, 0.3) is 5.91 Å². The Kier molecular flexibility index (Phi) is 5.30. The summed E-state index contributed by atoms with van der Waals surface area (Å²) < 4.78 is 15.3. The molecular formula is C23H27FN4O. The molecule has 1 N–H and O–H groups in total. The smallest absolute Gasteiger partial charge is 0.251 e. The van der Waals surface area contributed by atoms with E-state index in [0.29, 0.717) is 5.56 Å². The molecule has 0 atom stereocenters. The van der Waals surface area contributed by atoms with E-state index >= 15 is 0 Å². The zero-order valence-electron chi connectivity index (χ0n) is 17.7. The normalized spacial score (nSPS) is 12.1. The highest BCUT2D eigenvalue weighted by Crippen LogP contribution is 2.28. The zero-order valence-corrected chi connectivity index (χ0v) is 17.7. The monoisotopic (exact) mass is 394 g/mol. The van der Waals surface area contributed by atoms with Gasteiger partial charge in [0.05, 0.1) is 0 Å². The summed E-state index contributed by atoms with van der Waals surface area (Å²) in [6.45, 7) is 12.0. The first kappa shape index (κ1) is 20.7. The van der Waals surface area contributed by atoms with Crippen LogP contribution in [-0.4, -0.2) is 26.2 Å². The summed E-state index contributed by atoms with van der Waals surface area (Å²) in [7, 11) is 0. The van der Waals surface area contributed by atoms with Crippen LogP contribution >= 0.6 is 0 Å². The maximum atomic E-state index is 13.4. The lowest BCUT2D eigenvalue weighted by molar-refractivity contribution is 0.0919. The summed E-state index contributed by atoms with van der Waals surface area (Å²) in [6, 6.07) is 11.8. The first-order valence-electron chi connectivity index (χ1n) is 9.58. The lowest BCUT2D eigenvalue weighted by Gasteiger charge is -2.22. The van der Waals surface area contributed by atoms with Gasteiger partial charge < -0.3 is 5.32 Å². The molecule has 0 aliphatic rings. The Morgan fingerprint density at radius 3 is 2.21 bits per heavy atom. The lowest BCUT2D eigenvalue weighted by atomic mass is 9.95. The molecule has 2 aromatic carbocycles. The molecule has 1 heterocycles. The van der Waals surface area contributed by atoms with Crippen LogP contribution in [0.25, 0.3) is 16.8 Å². The van der Waals surface area contributed by atoms with Crippen LogP contribution in [0.1, 0.15) is 57.7 Å². The van der Waals surface area contributed by atoms with Gasteiger partial charge in [0.1, 0.15) is 18.0 Å². The number of aromatic nitrogens is 3. The lowest BCUT2D eigenvalue weighted by Crippen LogP contribution is -2.40. The van der Waals surface area contributed by atoms with E-state index in [1.807, 2.05) is 43.5 Å². The van der Waals surface area contributed by atoms with E-state index in [1.54, 1.807) is 18.5 Å². The zero-order chi connectivity index (χ0) is 21.4. The van der Waals surface area contributed by atoms with Crippen molar-refractivity contribution in [2.75, 3.05) is 0 Å². The van der Waals surface area contributed by atoms with E-state index in [-0.39, 0.29) is 22.7 Å². The quantitative estimate of drug-likeness (QED) is 0.687. The molecule has 0 spiro atoms. The van der Waals surface area contributed by atoms with Crippen LogP contribution in [0, 0.1) is 5.82 Å². The Morgan fingerprint density at radius 2 is 1.62 bits per heavy atom. The molecule has 0 radical (unpaired) electrons. The van der Waals surface area contributed by atoms with Gasteiger partial charge in [-0.05, 0) is 62.2 Å². The highest BCUT2D eigenvalue weighted by atomic mass is 19.1. The molecule has 0 saturated carbocycles. The number of nitrogens with zero attached hydrogens (tertiary/aromatic N) is 3. The van der Waals surface area contributed by atoms with Crippen LogP contribution in [0.2, 0.25) is 0 Å². The predicted octanol–water partition coefficient (Wildman–Crippen LogP) is 4.90. The summed E-state index contributed by atoms with van der Waals surface area (Å²) >= 11 is 0. The van der Waals surface area contributed by atoms with Crippen molar-refractivity contribution in [1.82, 2.24) is 20.1 Å². The van der Waals surface area contributed by atoms with Crippen LogP contribution < -0.4 is 5.32 Å². The second kappa shape index (κ2) is 7.43. The first-order chi connectivity index (χ1) is 13.4. The Hall–Kier alpha value is -3.02. The second-order valence-corrected chi connectivity index (χ2v) is 9.25. The fraction of sp³-hybridized carbons (Fsp3) is 0.348. The minimum atomic E-state index is -0.365. The average molecular weight is 394 g/mol. The third-order valence-corrected chi connectivity index (χ3v) is 4.34. The summed E-state index contributed by atoms with van der Waals surface area (Å²) in [5.74, 6) is 0.313. The van der Waals surface area contributed by atoms with E-state index < -0.39 is 0 Å². The fourth-order valence-electron chi connectivity index (χ4n) is 3.04. The summed E-state index contributed by atoms with van der Waals surface area (Å²) in [5, 5.41) is 11.4. The molecule has 1 aromatic heterocycles.